The van der Waals surface area contributed by atoms with Crippen LogP contribution in [0, 0.1) is 0 Å². The molecule has 0 N–H and O–H groups in total. The molecule has 2 heterocycles. The third-order valence-electron chi connectivity index (χ3n) is 6.17. The van der Waals surface area contributed by atoms with E-state index in [1.165, 1.54) is 5.56 Å². The summed E-state index contributed by atoms with van der Waals surface area (Å²) in [6, 6.07) is 10.7. The molecule has 0 saturated carbocycles. The van der Waals surface area contributed by atoms with Crippen LogP contribution in [0.25, 0.3) is 0 Å². The first kappa shape index (κ1) is 18.8. The van der Waals surface area contributed by atoms with Gasteiger partial charge in [-0.3, -0.25) is 4.90 Å². The third-order valence-corrected chi connectivity index (χ3v) is 6.17. The second kappa shape index (κ2) is 6.96. The highest BCUT2D eigenvalue weighted by molar-refractivity contribution is 5.27. The van der Waals surface area contributed by atoms with E-state index in [1.54, 1.807) is 0 Å². The predicted octanol–water partition coefficient (Wildman–Crippen LogP) is 4.55. The smallest absolute Gasteiger partial charge is 0.250 e. The molecule has 1 aromatic rings. The summed E-state index contributed by atoms with van der Waals surface area (Å²) in [6.45, 7) is 10.9. The van der Waals surface area contributed by atoms with Gasteiger partial charge >= 0.3 is 0 Å². The Balaban J connectivity index is 1.76. The van der Waals surface area contributed by atoms with Gasteiger partial charge in [0.2, 0.25) is 0 Å². The van der Waals surface area contributed by atoms with Crippen molar-refractivity contribution in [2.24, 2.45) is 0 Å². The van der Waals surface area contributed by atoms with Crippen molar-refractivity contribution in [1.29, 1.82) is 0 Å². The number of likely N-dealkylation sites (tertiary alicyclic amines) is 2. The zero-order valence-corrected chi connectivity index (χ0v) is 15.9. The number of benzene rings is 1. The average Bonchev–Trinajstić information content (AvgIpc) is 2.57. The number of nitrogens with zero attached hydrogens (tertiary/aromatic N) is 2. The summed E-state index contributed by atoms with van der Waals surface area (Å²) in [5, 5.41) is 0. The van der Waals surface area contributed by atoms with Gasteiger partial charge < -0.3 is 4.90 Å². The fraction of sp³-hybridized carbons (Fsp3) is 0.714. The van der Waals surface area contributed by atoms with Gasteiger partial charge in [-0.25, -0.2) is 8.78 Å². The molecular formula is C21H32F2N2. The van der Waals surface area contributed by atoms with E-state index in [2.05, 4.69) is 60.9 Å². The maximum Gasteiger partial charge on any atom is 0.250 e. The lowest BCUT2D eigenvalue weighted by Gasteiger charge is -2.49. The Hall–Kier alpha value is -1.00. The number of rotatable bonds is 3. The van der Waals surface area contributed by atoms with Crippen LogP contribution in [0.2, 0.25) is 0 Å². The summed E-state index contributed by atoms with van der Waals surface area (Å²) in [5.74, 6) is -2.47. The summed E-state index contributed by atoms with van der Waals surface area (Å²) in [4.78, 5) is 4.83. The second-order valence-corrected chi connectivity index (χ2v) is 8.94. The van der Waals surface area contributed by atoms with Crippen LogP contribution in [0.3, 0.4) is 0 Å². The lowest BCUT2D eigenvalue weighted by atomic mass is 9.71. The Labute approximate surface area is 151 Å². The molecule has 0 spiro atoms. The topological polar surface area (TPSA) is 6.48 Å². The first-order valence-electron chi connectivity index (χ1n) is 9.61. The molecule has 2 nitrogen and oxygen atoms in total. The molecule has 2 fully saturated rings. The first-order valence-corrected chi connectivity index (χ1v) is 9.61. The maximum absolute atomic E-state index is 13.5. The van der Waals surface area contributed by atoms with E-state index < -0.39 is 5.92 Å². The number of piperidine rings is 2. The highest BCUT2D eigenvalue weighted by Gasteiger charge is 2.42. The summed E-state index contributed by atoms with van der Waals surface area (Å²) in [6.07, 6.45) is 2.21. The van der Waals surface area contributed by atoms with E-state index in [1.807, 2.05) is 0 Å². The van der Waals surface area contributed by atoms with Gasteiger partial charge in [0.1, 0.15) is 0 Å². The first-order chi connectivity index (χ1) is 11.7. The Morgan fingerprint density at radius 3 is 1.96 bits per heavy atom. The van der Waals surface area contributed by atoms with Gasteiger partial charge in [0.15, 0.2) is 0 Å². The number of hydrogen-bond donors (Lipinski definition) is 0. The van der Waals surface area contributed by atoms with Crippen LogP contribution in [0.15, 0.2) is 30.3 Å². The van der Waals surface area contributed by atoms with Gasteiger partial charge in [0.05, 0.1) is 0 Å². The largest absolute Gasteiger partial charge is 0.302 e. The Morgan fingerprint density at radius 2 is 1.44 bits per heavy atom. The lowest BCUT2D eigenvalue weighted by Crippen LogP contribution is -2.54. The number of alkyl halides is 2. The zero-order valence-electron chi connectivity index (χ0n) is 15.9. The Kier molecular flexibility index (Phi) is 5.23. The monoisotopic (exact) mass is 350 g/mol. The molecule has 3 rings (SSSR count). The third kappa shape index (κ3) is 4.40. The van der Waals surface area contributed by atoms with Crippen LogP contribution in [0.4, 0.5) is 8.78 Å². The predicted molar refractivity (Wildman–Crippen MR) is 99.3 cm³/mol. The van der Waals surface area contributed by atoms with Crippen molar-refractivity contribution in [1.82, 2.24) is 9.80 Å². The van der Waals surface area contributed by atoms with Gasteiger partial charge in [-0.2, -0.15) is 0 Å². The molecule has 0 bridgehead atoms. The fourth-order valence-corrected chi connectivity index (χ4v) is 4.40. The molecule has 1 aromatic carbocycles. The molecule has 4 heteroatoms. The van der Waals surface area contributed by atoms with Crippen molar-refractivity contribution in [3.63, 3.8) is 0 Å². The van der Waals surface area contributed by atoms with Gasteiger partial charge in [0, 0.05) is 43.4 Å². The van der Waals surface area contributed by atoms with Crippen molar-refractivity contribution >= 4 is 0 Å². The molecule has 2 saturated heterocycles. The molecule has 0 radical (unpaired) electrons. The molecule has 2 aliphatic rings. The van der Waals surface area contributed by atoms with E-state index in [0.717, 1.165) is 32.5 Å². The molecular weight excluding hydrogens is 318 g/mol. The number of hydrogen-bond acceptors (Lipinski definition) is 2. The number of halogens is 2. The maximum atomic E-state index is 13.5. The van der Waals surface area contributed by atoms with Crippen molar-refractivity contribution in [2.75, 3.05) is 32.7 Å². The standard InChI is InChI=1S/C21H32F2N2/c1-19(2,3)25-15-9-20(10-16-25,18-7-5-4-6-8-18)17-24-13-11-21(22,23)12-14-24/h4-8H,9-17H2,1-3H3. The van der Waals surface area contributed by atoms with Crippen LogP contribution in [0.5, 0.6) is 0 Å². The Bertz CT molecular complexity index is 547. The highest BCUT2D eigenvalue weighted by atomic mass is 19.3. The van der Waals surface area contributed by atoms with Crippen LogP contribution in [-0.2, 0) is 5.41 Å². The van der Waals surface area contributed by atoms with E-state index in [4.69, 9.17) is 0 Å². The highest BCUT2D eigenvalue weighted by Crippen LogP contribution is 2.39. The summed E-state index contributed by atoms with van der Waals surface area (Å²) >= 11 is 0. The van der Waals surface area contributed by atoms with Gasteiger partial charge in [-0.05, 0) is 52.3 Å². The lowest BCUT2D eigenvalue weighted by molar-refractivity contribution is -0.0612. The van der Waals surface area contributed by atoms with Gasteiger partial charge in [0.25, 0.3) is 5.92 Å². The van der Waals surface area contributed by atoms with Crippen LogP contribution in [0.1, 0.15) is 52.0 Å². The van der Waals surface area contributed by atoms with Crippen LogP contribution >= 0.6 is 0 Å². The van der Waals surface area contributed by atoms with Crippen LogP contribution in [-0.4, -0.2) is 54.0 Å². The fourth-order valence-electron chi connectivity index (χ4n) is 4.40. The molecule has 0 amide bonds. The van der Waals surface area contributed by atoms with Crippen molar-refractivity contribution < 1.29 is 8.78 Å². The van der Waals surface area contributed by atoms with Gasteiger partial charge in [-0.1, -0.05) is 30.3 Å². The van der Waals surface area contributed by atoms with Crippen molar-refractivity contribution in [2.45, 2.75) is 63.3 Å². The van der Waals surface area contributed by atoms with E-state index in [9.17, 15) is 8.78 Å². The minimum Gasteiger partial charge on any atom is -0.302 e. The molecule has 2 aliphatic heterocycles. The zero-order chi connectivity index (χ0) is 18.1. The van der Waals surface area contributed by atoms with Gasteiger partial charge in [-0.15, -0.1) is 0 Å². The molecule has 0 aromatic heterocycles. The minimum absolute atomic E-state index is 0.00594. The summed E-state index contributed by atoms with van der Waals surface area (Å²) in [7, 11) is 0. The van der Waals surface area contributed by atoms with E-state index in [0.29, 0.717) is 13.1 Å². The molecule has 0 atom stereocenters. The quantitative estimate of drug-likeness (QED) is 0.789. The average molecular weight is 350 g/mol. The molecule has 25 heavy (non-hydrogen) atoms. The molecule has 0 unspecified atom stereocenters. The Morgan fingerprint density at radius 1 is 0.880 bits per heavy atom. The summed E-state index contributed by atoms with van der Waals surface area (Å²) in [5.41, 5.74) is 1.66. The van der Waals surface area contributed by atoms with Crippen LogP contribution < -0.4 is 0 Å². The van der Waals surface area contributed by atoms with E-state index in [-0.39, 0.29) is 23.8 Å². The van der Waals surface area contributed by atoms with E-state index >= 15 is 0 Å². The minimum atomic E-state index is -2.47. The van der Waals surface area contributed by atoms with Crippen molar-refractivity contribution in [3.05, 3.63) is 35.9 Å². The second-order valence-electron chi connectivity index (χ2n) is 8.94. The SMILES string of the molecule is CC(C)(C)N1CCC(CN2CCC(F)(F)CC2)(c2ccccc2)CC1. The normalized spacial score (nSPS) is 25.0. The molecule has 0 aliphatic carbocycles. The van der Waals surface area contributed by atoms with Crippen molar-refractivity contribution in [3.8, 4) is 0 Å². The summed E-state index contributed by atoms with van der Waals surface area (Å²) < 4.78 is 27.0. The molecule has 140 valence electrons.